The van der Waals surface area contributed by atoms with E-state index in [0.717, 1.165) is 0 Å². The maximum Gasteiger partial charge on any atom is 0.341 e. The number of amides is 2. The number of nitrogens with two attached hydrogens (primary N) is 1. The van der Waals surface area contributed by atoms with Gasteiger partial charge in [0.05, 0.1) is 18.4 Å². The molecule has 0 aliphatic rings. The molecule has 0 radical (unpaired) electrons. The third kappa shape index (κ3) is 4.99. The lowest BCUT2D eigenvalue weighted by atomic mass is 10.1. The summed E-state index contributed by atoms with van der Waals surface area (Å²) in [6.45, 7) is 0.106. The van der Waals surface area contributed by atoms with E-state index in [2.05, 4.69) is 10.1 Å². The molecular formula is C23H20N2O6. The summed E-state index contributed by atoms with van der Waals surface area (Å²) < 4.78 is 10.3. The van der Waals surface area contributed by atoms with Crippen molar-refractivity contribution in [2.45, 2.75) is 6.61 Å². The first kappa shape index (κ1) is 21.4. The molecule has 158 valence electrons. The zero-order valence-corrected chi connectivity index (χ0v) is 16.6. The van der Waals surface area contributed by atoms with Gasteiger partial charge in [-0.2, -0.15) is 0 Å². The molecule has 0 saturated heterocycles. The quantitative estimate of drug-likeness (QED) is 0.398. The van der Waals surface area contributed by atoms with Gasteiger partial charge in [0.25, 0.3) is 11.8 Å². The average molecular weight is 420 g/mol. The molecular weight excluding hydrogens is 400 g/mol. The second kappa shape index (κ2) is 9.45. The predicted molar refractivity (Wildman–Crippen MR) is 113 cm³/mol. The lowest BCUT2D eigenvalue weighted by molar-refractivity contribution is 0.0597. The van der Waals surface area contributed by atoms with Gasteiger partial charge in [0.1, 0.15) is 17.9 Å². The van der Waals surface area contributed by atoms with Crippen LogP contribution >= 0.6 is 0 Å². The van der Waals surface area contributed by atoms with Crippen LogP contribution in [0.2, 0.25) is 0 Å². The highest BCUT2D eigenvalue weighted by molar-refractivity contribution is 6.06. The van der Waals surface area contributed by atoms with E-state index in [1.54, 1.807) is 48.5 Å². The van der Waals surface area contributed by atoms with Gasteiger partial charge in [0.2, 0.25) is 0 Å². The van der Waals surface area contributed by atoms with E-state index in [0.29, 0.717) is 16.9 Å². The molecule has 3 rings (SSSR count). The number of aromatic hydroxyl groups is 1. The van der Waals surface area contributed by atoms with Crippen LogP contribution in [0.25, 0.3) is 0 Å². The molecule has 0 aliphatic carbocycles. The number of carbonyl (C=O) groups is 3. The third-order valence-electron chi connectivity index (χ3n) is 4.43. The molecule has 0 aromatic heterocycles. The van der Waals surface area contributed by atoms with Crippen molar-refractivity contribution in [3.8, 4) is 11.5 Å². The SMILES string of the molecule is COC(=O)c1cccc(NC(=O)c2cccc(COc3ccccc3C(N)=O)c2)c1O. The number of phenols is 1. The van der Waals surface area contributed by atoms with Gasteiger partial charge in [-0.25, -0.2) is 4.79 Å². The summed E-state index contributed by atoms with van der Waals surface area (Å²) in [5.41, 5.74) is 6.62. The van der Waals surface area contributed by atoms with Crippen molar-refractivity contribution in [1.82, 2.24) is 0 Å². The van der Waals surface area contributed by atoms with Gasteiger partial charge in [-0.3, -0.25) is 9.59 Å². The number of rotatable bonds is 7. The first-order chi connectivity index (χ1) is 14.9. The molecule has 31 heavy (non-hydrogen) atoms. The van der Waals surface area contributed by atoms with E-state index in [9.17, 15) is 19.5 Å². The number of ether oxygens (including phenoxy) is 2. The molecule has 0 spiro atoms. The van der Waals surface area contributed by atoms with Gasteiger partial charge < -0.3 is 25.6 Å². The van der Waals surface area contributed by atoms with Crippen LogP contribution in [0, 0.1) is 0 Å². The van der Waals surface area contributed by atoms with E-state index >= 15 is 0 Å². The Kier molecular flexibility index (Phi) is 6.51. The van der Waals surface area contributed by atoms with Gasteiger partial charge in [-0.05, 0) is 42.0 Å². The summed E-state index contributed by atoms with van der Waals surface area (Å²) in [6, 6.07) is 17.6. The third-order valence-corrected chi connectivity index (χ3v) is 4.43. The Morgan fingerprint density at radius 2 is 1.68 bits per heavy atom. The minimum atomic E-state index is -0.719. The highest BCUT2D eigenvalue weighted by Crippen LogP contribution is 2.28. The van der Waals surface area contributed by atoms with Gasteiger partial charge in [0, 0.05) is 5.56 Å². The van der Waals surface area contributed by atoms with Crippen LogP contribution in [0.3, 0.4) is 0 Å². The number of hydrogen-bond acceptors (Lipinski definition) is 6. The van der Waals surface area contributed by atoms with Gasteiger partial charge in [-0.15, -0.1) is 0 Å². The Bertz CT molecular complexity index is 1140. The Hall–Kier alpha value is -4.33. The number of para-hydroxylation sites is 2. The Balaban J connectivity index is 1.74. The van der Waals surface area contributed by atoms with E-state index in [1.165, 1.54) is 25.3 Å². The summed E-state index contributed by atoms with van der Waals surface area (Å²) in [5.74, 6) is -1.85. The number of anilines is 1. The van der Waals surface area contributed by atoms with E-state index in [-0.39, 0.29) is 29.2 Å². The van der Waals surface area contributed by atoms with E-state index in [4.69, 9.17) is 10.5 Å². The van der Waals surface area contributed by atoms with Crippen LogP contribution in [0.5, 0.6) is 11.5 Å². The number of carbonyl (C=O) groups excluding carboxylic acids is 3. The average Bonchev–Trinajstić information content (AvgIpc) is 2.78. The molecule has 8 heteroatoms. The number of esters is 1. The summed E-state index contributed by atoms with van der Waals surface area (Å²) in [4.78, 5) is 35.9. The predicted octanol–water partition coefficient (Wildman–Crippen LogP) is 3.11. The van der Waals surface area contributed by atoms with Crippen LogP contribution in [0.15, 0.2) is 66.7 Å². The summed E-state index contributed by atoms with van der Waals surface area (Å²) >= 11 is 0. The molecule has 3 aromatic rings. The second-order valence-electron chi connectivity index (χ2n) is 6.50. The first-order valence-corrected chi connectivity index (χ1v) is 9.23. The minimum absolute atomic E-state index is 0.0597. The van der Waals surface area contributed by atoms with Crippen molar-refractivity contribution in [2.24, 2.45) is 5.73 Å². The molecule has 0 fully saturated rings. The monoisotopic (exact) mass is 420 g/mol. The normalized spacial score (nSPS) is 10.2. The van der Waals surface area contributed by atoms with E-state index in [1.807, 2.05) is 0 Å². The van der Waals surface area contributed by atoms with Gasteiger partial charge in [-0.1, -0.05) is 30.3 Å². The number of benzene rings is 3. The lowest BCUT2D eigenvalue weighted by Gasteiger charge is -2.12. The Labute approximate surface area is 178 Å². The maximum absolute atomic E-state index is 12.6. The van der Waals surface area contributed by atoms with Crippen molar-refractivity contribution in [3.05, 3.63) is 89.0 Å². The van der Waals surface area contributed by atoms with Crippen LogP contribution in [0.1, 0.15) is 36.6 Å². The zero-order valence-electron chi connectivity index (χ0n) is 16.6. The Morgan fingerprint density at radius 1 is 0.968 bits per heavy atom. The molecule has 0 aliphatic heterocycles. The molecule has 3 aromatic carbocycles. The van der Waals surface area contributed by atoms with Crippen molar-refractivity contribution in [2.75, 3.05) is 12.4 Å². The fourth-order valence-corrected chi connectivity index (χ4v) is 2.87. The molecule has 8 nitrogen and oxygen atoms in total. The number of phenolic OH excluding ortho intramolecular Hbond substituents is 1. The summed E-state index contributed by atoms with van der Waals surface area (Å²) in [7, 11) is 1.20. The summed E-state index contributed by atoms with van der Waals surface area (Å²) in [6.07, 6.45) is 0. The molecule has 0 unspecified atom stereocenters. The van der Waals surface area contributed by atoms with Crippen LogP contribution < -0.4 is 15.8 Å². The van der Waals surface area contributed by atoms with Crippen molar-refractivity contribution in [1.29, 1.82) is 0 Å². The fourth-order valence-electron chi connectivity index (χ4n) is 2.87. The minimum Gasteiger partial charge on any atom is -0.505 e. The fraction of sp³-hybridized carbons (Fsp3) is 0.0870. The molecule has 0 heterocycles. The van der Waals surface area contributed by atoms with Crippen molar-refractivity contribution < 1.29 is 29.0 Å². The number of primary amides is 1. The maximum atomic E-state index is 12.6. The number of nitrogens with one attached hydrogen (secondary N) is 1. The summed E-state index contributed by atoms with van der Waals surface area (Å²) in [5, 5.41) is 12.8. The first-order valence-electron chi connectivity index (χ1n) is 9.23. The Morgan fingerprint density at radius 3 is 2.42 bits per heavy atom. The van der Waals surface area contributed by atoms with Crippen molar-refractivity contribution >= 4 is 23.5 Å². The second-order valence-corrected chi connectivity index (χ2v) is 6.50. The zero-order chi connectivity index (χ0) is 22.4. The topological polar surface area (TPSA) is 128 Å². The van der Waals surface area contributed by atoms with Crippen LogP contribution in [0.4, 0.5) is 5.69 Å². The highest BCUT2D eigenvalue weighted by Gasteiger charge is 2.17. The van der Waals surface area contributed by atoms with E-state index < -0.39 is 17.8 Å². The number of methoxy groups -OCH3 is 1. The van der Waals surface area contributed by atoms with Gasteiger partial charge in [0.15, 0.2) is 5.75 Å². The smallest absolute Gasteiger partial charge is 0.341 e. The lowest BCUT2D eigenvalue weighted by Crippen LogP contribution is -2.14. The largest absolute Gasteiger partial charge is 0.505 e. The molecule has 2 amide bonds. The molecule has 4 N–H and O–H groups in total. The van der Waals surface area contributed by atoms with Crippen LogP contribution in [-0.4, -0.2) is 30.0 Å². The highest BCUT2D eigenvalue weighted by atomic mass is 16.5. The molecule has 0 bridgehead atoms. The van der Waals surface area contributed by atoms with Crippen molar-refractivity contribution in [3.63, 3.8) is 0 Å². The van der Waals surface area contributed by atoms with Crippen LogP contribution in [-0.2, 0) is 11.3 Å². The molecule has 0 saturated carbocycles. The number of hydrogen-bond donors (Lipinski definition) is 3. The van der Waals surface area contributed by atoms with Gasteiger partial charge >= 0.3 is 5.97 Å². The molecule has 0 atom stereocenters. The standard InChI is InChI=1S/C23H20N2O6/c1-30-23(29)17-9-5-10-18(20(17)26)25-22(28)15-7-4-6-14(12-15)13-31-19-11-3-2-8-16(19)21(24)27/h2-12,26H,13H2,1H3,(H2,24,27)(H,25,28).